The molecule has 0 bridgehead atoms. The van der Waals surface area contributed by atoms with Crippen LogP contribution in [-0.4, -0.2) is 25.3 Å². The van der Waals surface area contributed by atoms with E-state index in [1.54, 1.807) is 7.11 Å². The third kappa shape index (κ3) is 5.19. The van der Waals surface area contributed by atoms with Crippen molar-refractivity contribution >= 4 is 0 Å². The maximum atomic E-state index is 5.46. The van der Waals surface area contributed by atoms with E-state index < -0.39 is 0 Å². The van der Waals surface area contributed by atoms with Crippen molar-refractivity contribution in [3.63, 3.8) is 0 Å². The van der Waals surface area contributed by atoms with Crippen LogP contribution < -0.4 is 5.32 Å². The third-order valence-corrected chi connectivity index (χ3v) is 3.49. The summed E-state index contributed by atoms with van der Waals surface area (Å²) >= 11 is 0. The standard InChI is InChI=1S/C16H27NO/c1-13(15-9-7-6-8-10-15)12-17-14(2)11-16(3,4)18-5/h6-10,13-14,17H,11-12H2,1-5H3. The van der Waals surface area contributed by atoms with E-state index in [1.165, 1.54) is 5.56 Å². The molecule has 2 nitrogen and oxygen atoms in total. The summed E-state index contributed by atoms with van der Waals surface area (Å²) in [5.74, 6) is 0.541. The molecular weight excluding hydrogens is 222 g/mol. The lowest BCUT2D eigenvalue weighted by Gasteiger charge is -2.28. The maximum Gasteiger partial charge on any atom is 0.0637 e. The predicted molar refractivity (Wildman–Crippen MR) is 78.0 cm³/mol. The molecule has 2 heteroatoms. The molecule has 0 spiro atoms. The average Bonchev–Trinajstić information content (AvgIpc) is 2.36. The van der Waals surface area contributed by atoms with E-state index >= 15 is 0 Å². The van der Waals surface area contributed by atoms with Crippen molar-refractivity contribution in [2.24, 2.45) is 0 Å². The van der Waals surface area contributed by atoms with Crippen molar-refractivity contribution < 1.29 is 4.74 Å². The summed E-state index contributed by atoms with van der Waals surface area (Å²) in [6, 6.07) is 11.1. The largest absolute Gasteiger partial charge is 0.379 e. The molecule has 2 atom stereocenters. The molecule has 1 aromatic rings. The first kappa shape index (κ1) is 15.2. The van der Waals surface area contributed by atoms with Crippen LogP contribution in [0, 0.1) is 0 Å². The van der Waals surface area contributed by atoms with Gasteiger partial charge in [-0.3, -0.25) is 0 Å². The molecule has 18 heavy (non-hydrogen) atoms. The first-order chi connectivity index (χ1) is 8.44. The lowest BCUT2D eigenvalue weighted by molar-refractivity contribution is 0.00853. The SMILES string of the molecule is COC(C)(C)CC(C)NCC(C)c1ccccc1. The highest BCUT2D eigenvalue weighted by atomic mass is 16.5. The molecule has 0 radical (unpaired) electrons. The number of hydrogen-bond acceptors (Lipinski definition) is 2. The zero-order chi connectivity index (χ0) is 13.6. The fraction of sp³-hybridized carbons (Fsp3) is 0.625. The van der Waals surface area contributed by atoms with Crippen LogP contribution in [0.5, 0.6) is 0 Å². The summed E-state index contributed by atoms with van der Waals surface area (Å²) in [7, 11) is 1.78. The number of ether oxygens (including phenoxy) is 1. The molecule has 1 aromatic carbocycles. The minimum absolute atomic E-state index is 0.0532. The number of nitrogens with one attached hydrogen (secondary N) is 1. The second-order valence-electron chi connectivity index (χ2n) is 5.79. The van der Waals surface area contributed by atoms with Gasteiger partial charge in [-0.05, 0) is 38.7 Å². The van der Waals surface area contributed by atoms with Gasteiger partial charge in [0, 0.05) is 19.7 Å². The van der Waals surface area contributed by atoms with Gasteiger partial charge < -0.3 is 10.1 Å². The molecule has 0 saturated heterocycles. The van der Waals surface area contributed by atoms with Gasteiger partial charge in [0.1, 0.15) is 0 Å². The van der Waals surface area contributed by atoms with E-state index in [4.69, 9.17) is 4.74 Å². The van der Waals surface area contributed by atoms with Gasteiger partial charge in [-0.25, -0.2) is 0 Å². The molecule has 2 unspecified atom stereocenters. The van der Waals surface area contributed by atoms with Gasteiger partial charge in [0.2, 0.25) is 0 Å². The Labute approximate surface area is 112 Å². The third-order valence-electron chi connectivity index (χ3n) is 3.49. The van der Waals surface area contributed by atoms with Crippen molar-refractivity contribution in [2.75, 3.05) is 13.7 Å². The smallest absolute Gasteiger partial charge is 0.0637 e. The van der Waals surface area contributed by atoms with Crippen LogP contribution in [0.15, 0.2) is 30.3 Å². The normalized spacial score (nSPS) is 15.4. The van der Waals surface area contributed by atoms with Gasteiger partial charge in [-0.15, -0.1) is 0 Å². The van der Waals surface area contributed by atoms with Crippen LogP contribution in [0.3, 0.4) is 0 Å². The highest BCUT2D eigenvalue weighted by Gasteiger charge is 2.20. The van der Waals surface area contributed by atoms with Crippen LogP contribution in [0.25, 0.3) is 0 Å². The monoisotopic (exact) mass is 249 g/mol. The van der Waals surface area contributed by atoms with Crippen molar-refractivity contribution in [1.29, 1.82) is 0 Å². The van der Waals surface area contributed by atoms with E-state index in [-0.39, 0.29) is 5.60 Å². The van der Waals surface area contributed by atoms with E-state index in [0.717, 1.165) is 13.0 Å². The molecular formula is C16H27NO. The first-order valence-corrected chi connectivity index (χ1v) is 6.78. The summed E-state index contributed by atoms with van der Waals surface area (Å²) in [6.07, 6.45) is 1.02. The number of benzene rings is 1. The quantitative estimate of drug-likeness (QED) is 0.797. The molecule has 0 aromatic heterocycles. The highest BCUT2D eigenvalue weighted by molar-refractivity contribution is 5.18. The van der Waals surface area contributed by atoms with Crippen molar-refractivity contribution in [3.8, 4) is 0 Å². The van der Waals surface area contributed by atoms with Crippen molar-refractivity contribution in [1.82, 2.24) is 5.32 Å². The summed E-state index contributed by atoms with van der Waals surface area (Å²) in [6.45, 7) is 9.75. The Hall–Kier alpha value is -0.860. The van der Waals surface area contributed by atoms with Crippen molar-refractivity contribution in [3.05, 3.63) is 35.9 Å². The minimum atomic E-state index is -0.0532. The molecule has 0 aliphatic rings. The zero-order valence-electron chi connectivity index (χ0n) is 12.4. The lowest BCUT2D eigenvalue weighted by atomic mass is 9.98. The Morgan fingerprint density at radius 3 is 2.33 bits per heavy atom. The minimum Gasteiger partial charge on any atom is -0.379 e. The van der Waals surface area contributed by atoms with E-state index in [0.29, 0.717) is 12.0 Å². The van der Waals surface area contributed by atoms with Crippen LogP contribution in [0.2, 0.25) is 0 Å². The van der Waals surface area contributed by atoms with Gasteiger partial charge in [0.15, 0.2) is 0 Å². The number of rotatable bonds is 7. The molecule has 0 aliphatic heterocycles. The zero-order valence-corrected chi connectivity index (χ0v) is 12.4. The van der Waals surface area contributed by atoms with Gasteiger partial charge >= 0.3 is 0 Å². The molecule has 0 saturated carbocycles. The lowest BCUT2D eigenvalue weighted by Crippen LogP contribution is -2.37. The van der Waals surface area contributed by atoms with Crippen LogP contribution in [0.1, 0.15) is 45.6 Å². The second kappa shape index (κ2) is 6.91. The topological polar surface area (TPSA) is 21.3 Å². The Morgan fingerprint density at radius 2 is 1.78 bits per heavy atom. The van der Waals surface area contributed by atoms with E-state index in [9.17, 15) is 0 Å². The van der Waals surface area contributed by atoms with E-state index in [1.807, 2.05) is 0 Å². The number of methoxy groups -OCH3 is 1. The molecule has 0 fully saturated rings. The number of hydrogen-bond donors (Lipinski definition) is 1. The summed E-state index contributed by atoms with van der Waals surface area (Å²) in [4.78, 5) is 0. The van der Waals surface area contributed by atoms with Crippen molar-refractivity contribution in [2.45, 2.75) is 51.7 Å². The van der Waals surface area contributed by atoms with Crippen LogP contribution >= 0.6 is 0 Å². The predicted octanol–water partition coefficient (Wildman–Crippen LogP) is 3.58. The first-order valence-electron chi connectivity index (χ1n) is 6.78. The van der Waals surface area contributed by atoms with Crippen LogP contribution in [-0.2, 0) is 4.74 Å². The Bertz CT molecular complexity index is 334. The summed E-state index contributed by atoms with van der Waals surface area (Å²) < 4.78 is 5.46. The Balaban J connectivity index is 2.37. The van der Waals surface area contributed by atoms with Crippen LogP contribution in [0.4, 0.5) is 0 Å². The molecule has 1 rings (SSSR count). The van der Waals surface area contributed by atoms with Gasteiger partial charge in [-0.2, -0.15) is 0 Å². The highest BCUT2D eigenvalue weighted by Crippen LogP contribution is 2.17. The second-order valence-corrected chi connectivity index (χ2v) is 5.79. The van der Waals surface area contributed by atoms with Gasteiger partial charge in [0.25, 0.3) is 0 Å². The molecule has 0 amide bonds. The molecule has 102 valence electrons. The van der Waals surface area contributed by atoms with Gasteiger partial charge in [0.05, 0.1) is 5.60 Å². The van der Waals surface area contributed by atoms with E-state index in [2.05, 4.69) is 63.3 Å². The maximum absolute atomic E-state index is 5.46. The fourth-order valence-corrected chi connectivity index (χ4v) is 2.17. The summed E-state index contributed by atoms with van der Waals surface area (Å²) in [5, 5.41) is 3.59. The fourth-order valence-electron chi connectivity index (χ4n) is 2.17. The summed E-state index contributed by atoms with van der Waals surface area (Å²) in [5.41, 5.74) is 1.34. The van der Waals surface area contributed by atoms with Gasteiger partial charge in [-0.1, -0.05) is 37.3 Å². The molecule has 1 N–H and O–H groups in total. The Morgan fingerprint density at radius 1 is 1.17 bits per heavy atom. The Kier molecular flexibility index (Phi) is 5.83. The average molecular weight is 249 g/mol. The molecule has 0 aliphatic carbocycles. The molecule has 0 heterocycles.